The smallest absolute Gasteiger partial charge is 0.230 e. The molecule has 0 unspecified atom stereocenters. The first-order valence-electron chi connectivity index (χ1n) is 7.64. The van der Waals surface area contributed by atoms with Crippen LogP contribution in [0.15, 0.2) is 30.6 Å². The van der Waals surface area contributed by atoms with E-state index >= 15 is 0 Å². The lowest BCUT2D eigenvalue weighted by Crippen LogP contribution is -2.44. The average molecular weight is 299 g/mol. The van der Waals surface area contributed by atoms with Crippen molar-refractivity contribution in [1.29, 1.82) is 0 Å². The average Bonchev–Trinajstić information content (AvgIpc) is 2.89. The molecule has 2 aromatic heterocycles. The van der Waals surface area contributed by atoms with Gasteiger partial charge in [0.2, 0.25) is 5.91 Å². The van der Waals surface area contributed by atoms with Gasteiger partial charge in [0, 0.05) is 37.1 Å². The molecule has 0 bridgehead atoms. The number of carbonyl (C=O) groups is 1. The Morgan fingerprint density at radius 2 is 2.18 bits per heavy atom. The Hall–Kier alpha value is -2.21. The minimum Gasteiger partial charge on any atom is -0.313 e. The Morgan fingerprint density at radius 3 is 2.91 bits per heavy atom. The van der Waals surface area contributed by atoms with E-state index in [1.54, 1.807) is 17.1 Å². The Kier molecular flexibility index (Phi) is 4.20. The Bertz CT molecular complexity index is 652. The lowest BCUT2D eigenvalue weighted by Gasteiger charge is -2.28. The molecule has 2 aromatic rings. The van der Waals surface area contributed by atoms with E-state index < -0.39 is 0 Å². The third-order valence-electron chi connectivity index (χ3n) is 4.21. The predicted molar refractivity (Wildman–Crippen MR) is 85.3 cm³/mol. The normalized spacial score (nSPS) is 21.5. The predicted octanol–water partition coefficient (Wildman–Crippen LogP) is 1.81. The van der Waals surface area contributed by atoms with Crippen LogP contribution in [0.25, 0.3) is 11.3 Å². The van der Waals surface area contributed by atoms with Crippen molar-refractivity contribution in [2.24, 2.45) is 13.0 Å². The van der Waals surface area contributed by atoms with E-state index in [1.807, 2.05) is 25.2 Å². The lowest BCUT2D eigenvalue weighted by molar-refractivity contribution is -0.121. The first kappa shape index (κ1) is 14.7. The van der Waals surface area contributed by atoms with Gasteiger partial charge in [0.05, 0.1) is 11.6 Å². The number of carbonyl (C=O) groups excluding carboxylic acids is 1. The summed E-state index contributed by atoms with van der Waals surface area (Å²) in [6, 6.07) is 5.91. The molecule has 3 heterocycles. The fraction of sp³-hybridized carbons (Fsp3) is 0.438. The number of hydrogen-bond donors (Lipinski definition) is 2. The molecule has 6 heteroatoms. The van der Waals surface area contributed by atoms with Gasteiger partial charge >= 0.3 is 0 Å². The maximum atomic E-state index is 12.5. The van der Waals surface area contributed by atoms with Gasteiger partial charge in [0.15, 0.2) is 0 Å². The third-order valence-corrected chi connectivity index (χ3v) is 4.21. The van der Waals surface area contributed by atoms with Crippen molar-refractivity contribution in [2.75, 3.05) is 11.9 Å². The summed E-state index contributed by atoms with van der Waals surface area (Å²) in [7, 11) is 1.84. The van der Waals surface area contributed by atoms with Crippen molar-refractivity contribution in [1.82, 2.24) is 20.1 Å². The molecule has 0 spiro atoms. The second-order valence-electron chi connectivity index (χ2n) is 5.76. The van der Waals surface area contributed by atoms with Crippen LogP contribution >= 0.6 is 0 Å². The number of piperidine rings is 1. The number of aryl methyl sites for hydroxylation is 1. The summed E-state index contributed by atoms with van der Waals surface area (Å²) in [5.41, 5.74) is 1.81. The largest absolute Gasteiger partial charge is 0.313 e. The number of pyridine rings is 1. The third kappa shape index (κ3) is 3.01. The van der Waals surface area contributed by atoms with Gasteiger partial charge in [-0.05, 0) is 38.4 Å². The van der Waals surface area contributed by atoms with E-state index in [-0.39, 0.29) is 17.9 Å². The number of aromatic nitrogens is 3. The van der Waals surface area contributed by atoms with Crippen molar-refractivity contribution >= 4 is 11.7 Å². The second-order valence-corrected chi connectivity index (χ2v) is 5.76. The van der Waals surface area contributed by atoms with Crippen molar-refractivity contribution in [3.8, 4) is 11.3 Å². The van der Waals surface area contributed by atoms with Gasteiger partial charge in [-0.25, -0.2) is 0 Å². The van der Waals surface area contributed by atoms with Crippen LogP contribution in [0.1, 0.15) is 19.8 Å². The molecule has 0 saturated carbocycles. The summed E-state index contributed by atoms with van der Waals surface area (Å²) in [5.74, 6) is 0.784. The standard InChI is InChI=1S/C16H21N5O/c1-11-13(4-3-7-18-11)16(22)19-15-10-14(20-21(15)2)12-5-8-17-9-6-12/h5-6,8-11,13,18H,3-4,7H2,1-2H3,(H,19,22)/t11-,13-/m1/s1. The van der Waals surface area contributed by atoms with Crippen molar-refractivity contribution in [3.63, 3.8) is 0 Å². The van der Waals surface area contributed by atoms with Crippen LogP contribution in [-0.4, -0.2) is 33.3 Å². The summed E-state index contributed by atoms with van der Waals surface area (Å²) >= 11 is 0. The van der Waals surface area contributed by atoms with Gasteiger partial charge in [0.1, 0.15) is 5.82 Å². The molecule has 1 aliphatic heterocycles. The first-order valence-corrected chi connectivity index (χ1v) is 7.64. The number of nitrogens with zero attached hydrogens (tertiary/aromatic N) is 3. The molecule has 22 heavy (non-hydrogen) atoms. The van der Waals surface area contributed by atoms with E-state index in [1.165, 1.54) is 0 Å². The van der Waals surface area contributed by atoms with E-state index in [9.17, 15) is 4.79 Å². The van der Waals surface area contributed by atoms with E-state index in [0.717, 1.165) is 36.5 Å². The zero-order valence-electron chi connectivity index (χ0n) is 12.9. The summed E-state index contributed by atoms with van der Waals surface area (Å²) in [6.45, 7) is 3.05. The fourth-order valence-corrected chi connectivity index (χ4v) is 2.87. The van der Waals surface area contributed by atoms with Gasteiger partial charge in [0.25, 0.3) is 0 Å². The molecule has 1 saturated heterocycles. The molecule has 6 nitrogen and oxygen atoms in total. The molecule has 1 aliphatic rings. The molecule has 0 aromatic carbocycles. The molecular formula is C16H21N5O. The molecular weight excluding hydrogens is 278 g/mol. The first-order chi connectivity index (χ1) is 10.6. The zero-order valence-corrected chi connectivity index (χ0v) is 12.9. The minimum absolute atomic E-state index is 0.00743. The fourth-order valence-electron chi connectivity index (χ4n) is 2.87. The van der Waals surface area contributed by atoms with Crippen molar-refractivity contribution in [3.05, 3.63) is 30.6 Å². The SMILES string of the molecule is C[C@H]1NCCC[C@H]1C(=O)Nc1cc(-c2ccncc2)nn1C. The quantitative estimate of drug-likeness (QED) is 0.906. The summed E-state index contributed by atoms with van der Waals surface area (Å²) in [6.07, 6.45) is 5.43. The highest BCUT2D eigenvalue weighted by Crippen LogP contribution is 2.23. The summed E-state index contributed by atoms with van der Waals surface area (Å²) in [5, 5.41) is 10.8. The molecule has 0 aliphatic carbocycles. The van der Waals surface area contributed by atoms with Crippen LogP contribution < -0.4 is 10.6 Å². The van der Waals surface area contributed by atoms with Crippen LogP contribution in [0, 0.1) is 5.92 Å². The second kappa shape index (κ2) is 6.27. The van der Waals surface area contributed by atoms with Gasteiger partial charge in [-0.3, -0.25) is 14.5 Å². The molecule has 3 rings (SSSR count). The lowest BCUT2D eigenvalue weighted by atomic mass is 9.91. The highest BCUT2D eigenvalue weighted by atomic mass is 16.2. The van der Waals surface area contributed by atoms with Crippen LogP contribution in [-0.2, 0) is 11.8 Å². The van der Waals surface area contributed by atoms with E-state index in [2.05, 4.69) is 27.6 Å². The highest BCUT2D eigenvalue weighted by Gasteiger charge is 2.28. The van der Waals surface area contributed by atoms with Crippen molar-refractivity contribution < 1.29 is 4.79 Å². The monoisotopic (exact) mass is 299 g/mol. The summed E-state index contributed by atoms with van der Waals surface area (Å²) < 4.78 is 1.70. The molecule has 2 atom stereocenters. The Morgan fingerprint density at radius 1 is 1.41 bits per heavy atom. The number of amides is 1. The van der Waals surface area contributed by atoms with Gasteiger partial charge in [-0.2, -0.15) is 5.10 Å². The number of hydrogen-bond acceptors (Lipinski definition) is 4. The number of anilines is 1. The highest BCUT2D eigenvalue weighted by molar-refractivity contribution is 5.92. The van der Waals surface area contributed by atoms with Crippen LogP contribution in [0.2, 0.25) is 0 Å². The van der Waals surface area contributed by atoms with Crippen LogP contribution in [0.5, 0.6) is 0 Å². The van der Waals surface area contributed by atoms with Crippen LogP contribution in [0.4, 0.5) is 5.82 Å². The van der Waals surface area contributed by atoms with E-state index in [0.29, 0.717) is 0 Å². The topological polar surface area (TPSA) is 71.8 Å². The maximum Gasteiger partial charge on any atom is 0.230 e. The molecule has 2 N–H and O–H groups in total. The minimum atomic E-state index is 0.00743. The van der Waals surface area contributed by atoms with Gasteiger partial charge in [-0.15, -0.1) is 0 Å². The number of nitrogens with one attached hydrogen (secondary N) is 2. The molecule has 1 amide bonds. The van der Waals surface area contributed by atoms with Gasteiger partial charge in [-0.1, -0.05) is 0 Å². The zero-order chi connectivity index (χ0) is 15.5. The van der Waals surface area contributed by atoms with Crippen molar-refractivity contribution in [2.45, 2.75) is 25.8 Å². The molecule has 116 valence electrons. The number of rotatable bonds is 3. The molecule has 1 fully saturated rings. The van der Waals surface area contributed by atoms with Crippen LogP contribution in [0.3, 0.4) is 0 Å². The van der Waals surface area contributed by atoms with E-state index in [4.69, 9.17) is 0 Å². The summed E-state index contributed by atoms with van der Waals surface area (Å²) in [4.78, 5) is 16.5. The Labute approximate surface area is 129 Å². The maximum absolute atomic E-state index is 12.5. The molecule has 0 radical (unpaired) electrons. The Balaban J connectivity index is 1.75. The van der Waals surface area contributed by atoms with Gasteiger partial charge < -0.3 is 10.6 Å².